The van der Waals surface area contributed by atoms with Crippen LogP contribution in [0, 0.1) is 0 Å². The lowest BCUT2D eigenvalue weighted by Gasteiger charge is -2.38. The molecule has 1 aliphatic carbocycles. The average molecular weight is 371 g/mol. The summed E-state index contributed by atoms with van der Waals surface area (Å²) in [6, 6.07) is 19.5. The Morgan fingerprint density at radius 3 is 2.43 bits per heavy atom. The normalized spacial score (nSPS) is 24.9. The molecule has 28 heavy (non-hydrogen) atoms. The van der Waals surface area contributed by atoms with Crippen molar-refractivity contribution in [3.63, 3.8) is 0 Å². The van der Waals surface area contributed by atoms with E-state index in [2.05, 4.69) is 65.7 Å². The fourth-order valence-electron chi connectivity index (χ4n) is 4.47. The van der Waals surface area contributed by atoms with Crippen molar-refractivity contribution in [3.05, 3.63) is 95.4 Å². The van der Waals surface area contributed by atoms with Crippen LogP contribution in [-0.4, -0.2) is 17.8 Å². The van der Waals surface area contributed by atoms with Crippen molar-refractivity contribution in [2.45, 2.75) is 36.9 Å². The van der Waals surface area contributed by atoms with Crippen molar-refractivity contribution >= 4 is 5.84 Å². The van der Waals surface area contributed by atoms with E-state index in [-0.39, 0.29) is 17.6 Å². The first kappa shape index (κ1) is 17.3. The van der Waals surface area contributed by atoms with E-state index in [9.17, 15) is 0 Å². The molecule has 3 aliphatic rings. The van der Waals surface area contributed by atoms with E-state index in [0.717, 1.165) is 24.4 Å². The molecular weight excluding hydrogens is 346 g/mol. The molecule has 0 spiro atoms. The molecule has 1 saturated carbocycles. The van der Waals surface area contributed by atoms with Crippen molar-refractivity contribution in [1.29, 1.82) is 0 Å². The van der Waals surface area contributed by atoms with Gasteiger partial charge in [-0.25, -0.2) is 0 Å². The maximum atomic E-state index is 6.51. The van der Waals surface area contributed by atoms with Gasteiger partial charge in [0.25, 0.3) is 0 Å². The number of fused-ring (bicyclic) bond motifs is 1. The van der Waals surface area contributed by atoms with Crippen molar-refractivity contribution in [1.82, 2.24) is 4.90 Å². The molecular formula is C24H25N3O. The Morgan fingerprint density at radius 1 is 1.04 bits per heavy atom. The number of rotatable bonds is 4. The largest absolute Gasteiger partial charge is 0.493 e. The number of ether oxygens (including phenoxy) is 1. The number of hydrogen-bond donors (Lipinski definition) is 1. The molecule has 0 radical (unpaired) electrons. The van der Waals surface area contributed by atoms with Crippen molar-refractivity contribution in [2.24, 2.45) is 10.7 Å². The van der Waals surface area contributed by atoms with Gasteiger partial charge in [-0.05, 0) is 48.1 Å². The van der Waals surface area contributed by atoms with Crippen molar-refractivity contribution in [3.8, 4) is 0 Å². The molecule has 1 fully saturated rings. The van der Waals surface area contributed by atoms with E-state index in [1.165, 1.54) is 23.1 Å². The first-order valence-corrected chi connectivity index (χ1v) is 9.93. The molecule has 5 rings (SSSR count). The molecule has 0 amide bonds. The summed E-state index contributed by atoms with van der Waals surface area (Å²) >= 11 is 0. The highest BCUT2D eigenvalue weighted by Gasteiger charge is 2.40. The van der Waals surface area contributed by atoms with Gasteiger partial charge < -0.3 is 15.4 Å². The van der Waals surface area contributed by atoms with Crippen LogP contribution >= 0.6 is 0 Å². The number of aliphatic imine (C=N–C) groups is 1. The SMILES string of the molecule is COC1=CC=CN2C1=NC(c1ccc(C3(N)CCC3)cc1)C2c1ccccc1. The average Bonchev–Trinajstić information content (AvgIpc) is 3.12. The Balaban J connectivity index is 1.55. The van der Waals surface area contributed by atoms with Gasteiger partial charge in [-0.3, -0.25) is 4.99 Å². The molecule has 2 unspecified atom stereocenters. The molecule has 2 aromatic carbocycles. The van der Waals surface area contributed by atoms with E-state index in [4.69, 9.17) is 15.5 Å². The summed E-state index contributed by atoms with van der Waals surface area (Å²) in [5.74, 6) is 1.69. The van der Waals surface area contributed by atoms with Gasteiger partial charge in [0, 0.05) is 11.7 Å². The standard InChI is InChI=1S/C24H25N3O/c1-28-20-9-5-16-27-22(18-7-3-2-4-8-18)21(26-23(20)27)17-10-12-19(13-11-17)24(25)14-6-15-24/h2-5,7-13,16,21-22H,6,14-15,25H2,1H3. The van der Waals surface area contributed by atoms with Gasteiger partial charge in [0.05, 0.1) is 13.2 Å². The zero-order valence-electron chi connectivity index (χ0n) is 16.1. The third-order valence-corrected chi connectivity index (χ3v) is 6.25. The van der Waals surface area contributed by atoms with Gasteiger partial charge in [-0.15, -0.1) is 0 Å². The van der Waals surface area contributed by atoms with E-state index in [1.54, 1.807) is 7.11 Å². The molecule has 0 saturated heterocycles. The fraction of sp³-hybridized carbons (Fsp3) is 0.292. The summed E-state index contributed by atoms with van der Waals surface area (Å²) in [6.07, 6.45) is 9.46. The zero-order valence-corrected chi connectivity index (χ0v) is 16.1. The lowest BCUT2D eigenvalue weighted by atomic mass is 9.72. The quantitative estimate of drug-likeness (QED) is 0.856. The molecule has 0 aromatic heterocycles. The van der Waals surface area contributed by atoms with Crippen LogP contribution in [0.1, 0.15) is 48.0 Å². The van der Waals surface area contributed by atoms with Crippen molar-refractivity contribution in [2.75, 3.05) is 7.11 Å². The minimum atomic E-state index is -0.134. The van der Waals surface area contributed by atoms with Gasteiger partial charge in [-0.1, -0.05) is 54.6 Å². The molecule has 142 valence electrons. The molecule has 2 N–H and O–H groups in total. The highest BCUT2D eigenvalue weighted by molar-refractivity contribution is 6.00. The number of hydrogen-bond acceptors (Lipinski definition) is 4. The summed E-state index contributed by atoms with van der Waals surface area (Å²) in [4.78, 5) is 7.31. The summed E-state index contributed by atoms with van der Waals surface area (Å²) in [5, 5.41) is 0. The number of allylic oxidation sites excluding steroid dienone is 2. The second-order valence-corrected chi connectivity index (χ2v) is 7.87. The molecule has 2 aliphatic heterocycles. The van der Waals surface area contributed by atoms with Crippen LogP contribution in [0.5, 0.6) is 0 Å². The van der Waals surface area contributed by atoms with Crippen LogP contribution in [0.3, 0.4) is 0 Å². The minimum absolute atomic E-state index is 0.00265. The zero-order chi connectivity index (χ0) is 19.1. The Hall–Kier alpha value is -2.85. The molecule has 0 bridgehead atoms. The van der Waals surface area contributed by atoms with Crippen LogP contribution < -0.4 is 5.73 Å². The predicted molar refractivity (Wildman–Crippen MR) is 112 cm³/mol. The molecule has 2 atom stereocenters. The van der Waals surface area contributed by atoms with Crippen LogP contribution in [0.25, 0.3) is 0 Å². The molecule has 2 heterocycles. The Morgan fingerprint density at radius 2 is 1.79 bits per heavy atom. The lowest BCUT2D eigenvalue weighted by Crippen LogP contribution is -2.43. The second-order valence-electron chi connectivity index (χ2n) is 7.87. The summed E-state index contributed by atoms with van der Waals surface area (Å²) in [7, 11) is 1.70. The van der Waals surface area contributed by atoms with Gasteiger partial charge in [-0.2, -0.15) is 0 Å². The lowest BCUT2D eigenvalue weighted by molar-refractivity contribution is 0.253. The third-order valence-electron chi connectivity index (χ3n) is 6.25. The van der Waals surface area contributed by atoms with Crippen LogP contribution in [-0.2, 0) is 10.3 Å². The number of nitrogens with two attached hydrogens (primary N) is 1. The first-order valence-electron chi connectivity index (χ1n) is 9.93. The first-order chi connectivity index (χ1) is 13.7. The molecule has 2 aromatic rings. The van der Waals surface area contributed by atoms with E-state index < -0.39 is 0 Å². The molecule has 4 heteroatoms. The second kappa shape index (κ2) is 6.64. The van der Waals surface area contributed by atoms with Gasteiger partial charge in [0.1, 0.15) is 6.04 Å². The third kappa shape index (κ3) is 2.68. The maximum absolute atomic E-state index is 6.51. The summed E-state index contributed by atoms with van der Waals surface area (Å²) < 4.78 is 5.58. The van der Waals surface area contributed by atoms with Crippen LogP contribution in [0.2, 0.25) is 0 Å². The smallest absolute Gasteiger partial charge is 0.172 e. The monoisotopic (exact) mass is 371 g/mol. The van der Waals surface area contributed by atoms with Gasteiger partial charge in [0.15, 0.2) is 11.6 Å². The predicted octanol–water partition coefficient (Wildman–Crippen LogP) is 4.58. The number of methoxy groups -OCH3 is 1. The van der Waals surface area contributed by atoms with Gasteiger partial charge in [0.2, 0.25) is 0 Å². The maximum Gasteiger partial charge on any atom is 0.172 e. The van der Waals surface area contributed by atoms with Gasteiger partial charge >= 0.3 is 0 Å². The van der Waals surface area contributed by atoms with E-state index in [1.807, 2.05) is 12.2 Å². The topological polar surface area (TPSA) is 50.8 Å². The van der Waals surface area contributed by atoms with E-state index in [0.29, 0.717) is 0 Å². The number of benzene rings is 2. The molecule has 4 nitrogen and oxygen atoms in total. The Labute approximate surface area is 166 Å². The summed E-state index contributed by atoms with van der Waals surface area (Å²) in [5.41, 5.74) is 10.1. The number of nitrogens with zero attached hydrogens (tertiary/aromatic N) is 2. The minimum Gasteiger partial charge on any atom is -0.493 e. The Kier molecular flexibility index (Phi) is 4.09. The highest BCUT2D eigenvalue weighted by atomic mass is 16.5. The van der Waals surface area contributed by atoms with Crippen molar-refractivity contribution < 1.29 is 4.74 Å². The van der Waals surface area contributed by atoms with Crippen LogP contribution in [0.15, 0.2) is 83.7 Å². The fourth-order valence-corrected chi connectivity index (χ4v) is 4.47. The highest BCUT2D eigenvalue weighted by Crippen LogP contribution is 2.45. The van der Waals surface area contributed by atoms with E-state index >= 15 is 0 Å². The van der Waals surface area contributed by atoms with Crippen LogP contribution in [0.4, 0.5) is 0 Å². The summed E-state index contributed by atoms with van der Waals surface area (Å²) in [6.45, 7) is 0. The Bertz CT molecular complexity index is 955. The number of amidine groups is 1.